The van der Waals surface area contributed by atoms with Gasteiger partial charge in [0.15, 0.2) is 0 Å². The molecule has 0 unspecified atom stereocenters. The van der Waals surface area contributed by atoms with Crippen molar-refractivity contribution in [1.29, 1.82) is 0 Å². The van der Waals surface area contributed by atoms with Crippen LogP contribution in [0.3, 0.4) is 0 Å². The van der Waals surface area contributed by atoms with Crippen LogP contribution in [-0.2, 0) is 27.2 Å². The molecule has 2 aromatic rings. The molecule has 5 nitrogen and oxygen atoms in total. The van der Waals surface area contributed by atoms with Crippen molar-refractivity contribution in [3.8, 4) is 0 Å². The van der Waals surface area contributed by atoms with Crippen LogP contribution < -0.4 is 0 Å². The number of H-pyrrole nitrogens is 1. The number of hydrogen-bond acceptors (Lipinski definition) is 3. The standard InChI is InChI=1S/C22H30N2O3/c1-3-17(27-4-2)16-26-14-8-7-11-22(25)24-13-12-19-18-9-5-6-10-20(18)23-21(19)15-24/h3,5-6,9-10,23H,4,7-8,11-16H2,1-2H3/b17-3-. The lowest BCUT2D eigenvalue weighted by Gasteiger charge is -2.27. The number of ether oxygens (including phenoxy) is 2. The van der Waals surface area contributed by atoms with Gasteiger partial charge in [-0.1, -0.05) is 18.2 Å². The molecule has 0 saturated heterocycles. The molecular formula is C22H30N2O3. The Morgan fingerprint density at radius 1 is 1.30 bits per heavy atom. The molecule has 0 radical (unpaired) electrons. The quantitative estimate of drug-likeness (QED) is 0.532. The first-order chi connectivity index (χ1) is 13.2. The first-order valence-electron chi connectivity index (χ1n) is 9.95. The van der Waals surface area contributed by atoms with Crippen LogP contribution in [0.2, 0.25) is 0 Å². The highest BCUT2D eigenvalue weighted by Gasteiger charge is 2.23. The number of unbranched alkanes of at least 4 members (excludes halogenated alkanes) is 1. The third-order valence-corrected chi connectivity index (χ3v) is 5.06. The minimum absolute atomic E-state index is 0.239. The molecule has 0 spiro atoms. The van der Waals surface area contributed by atoms with Crippen molar-refractivity contribution in [3.63, 3.8) is 0 Å². The van der Waals surface area contributed by atoms with Gasteiger partial charge in [-0.3, -0.25) is 4.79 Å². The first-order valence-corrected chi connectivity index (χ1v) is 9.95. The van der Waals surface area contributed by atoms with Gasteiger partial charge in [0.1, 0.15) is 12.4 Å². The normalized spacial score (nSPS) is 14.4. The van der Waals surface area contributed by atoms with Crippen LogP contribution >= 0.6 is 0 Å². The van der Waals surface area contributed by atoms with Gasteiger partial charge in [-0.15, -0.1) is 0 Å². The summed E-state index contributed by atoms with van der Waals surface area (Å²) < 4.78 is 11.1. The molecule has 0 atom stereocenters. The third kappa shape index (κ3) is 4.92. The van der Waals surface area contributed by atoms with Gasteiger partial charge in [0.25, 0.3) is 0 Å². The molecule has 1 N–H and O–H groups in total. The lowest BCUT2D eigenvalue weighted by molar-refractivity contribution is -0.132. The summed E-state index contributed by atoms with van der Waals surface area (Å²) in [6.07, 6.45) is 5.19. The number of carbonyl (C=O) groups excluding carboxylic acids is 1. The highest BCUT2D eigenvalue weighted by molar-refractivity contribution is 5.85. The number of fused-ring (bicyclic) bond motifs is 3. The fraction of sp³-hybridized carbons (Fsp3) is 0.500. The number of carbonyl (C=O) groups is 1. The lowest BCUT2D eigenvalue weighted by atomic mass is 10.0. The van der Waals surface area contributed by atoms with Gasteiger partial charge in [0.05, 0.1) is 13.2 Å². The molecule has 5 heteroatoms. The summed E-state index contributed by atoms with van der Waals surface area (Å²) in [5.41, 5.74) is 3.73. The minimum Gasteiger partial charge on any atom is -0.496 e. The maximum atomic E-state index is 12.5. The van der Waals surface area contributed by atoms with E-state index in [-0.39, 0.29) is 5.91 Å². The fourth-order valence-corrected chi connectivity index (χ4v) is 3.61. The second-order valence-corrected chi connectivity index (χ2v) is 6.89. The number of nitrogens with zero attached hydrogens (tertiary/aromatic N) is 1. The summed E-state index contributed by atoms with van der Waals surface area (Å²) >= 11 is 0. The number of allylic oxidation sites excluding steroid dienone is 1. The Labute approximate surface area is 161 Å². The molecule has 1 aliphatic heterocycles. The number of amides is 1. The van der Waals surface area contributed by atoms with Gasteiger partial charge in [0, 0.05) is 36.2 Å². The van der Waals surface area contributed by atoms with Crippen molar-refractivity contribution < 1.29 is 14.3 Å². The maximum Gasteiger partial charge on any atom is 0.222 e. The average Bonchev–Trinajstić information content (AvgIpc) is 3.07. The summed E-state index contributed by atoms with van der Waals surface area (Å²) in [6.45, 7) is 7.24. The minimum atomic E-state index is 0.239. The first kappa shape index (κ1) is 19.5. The summed E-state index contributed by atoms with van der Waals surface area (Å²) in [6, 6.07) is 8.38. The van der Waals surface area contributed by atoms with Gasteiger partial charge >= 0.3 is 0 Å². The molecule has 0 aliphatic carbocycles. The Balaban J connectivity index is 1.39. The van der Waals surface area contributed by atoms with Crippen LogP contribution in [0.5, 0.6) is 0 Å². The maximum absolute atomic E-state index is 12.5. The molecule has 3 rings (SSSR count). The van der Waals surface area contributed by atoms with Crippen LogP contribution in [0.15, 0.2) is 36.1 Å². The number of benzene rings is 1. The summed E-state index contributed by atoms with van der Waals surface area (Å²) in [7, 11) is 0. The number of rotatable bonds is 9. The molecular weight excluding hydrogens is 340 g/mol. The smallest absolute Gasteiger partial charge is 0.222 e. The highest BCUT2D eigenvalue weighted by Crippen LogP contribution is 2.27. The fourth-order valence-electron chi connectivity index (χ4n) is 3.61. The molecule has 27 heavy (non-hydrogen) atoms. The zero-order chi connectivity index (χ0) is 19.1. The Hall–Kier alpha value is -2.27. The summed E-state index contributed by atoms with van der Waals surface area (Å²) in [5.74, 6) is 1.11. The van der Waals surface area contributed by atoms with Gasteiger partial charge in [-0.25, -0.2) is 0 Å². The zero-order valence-corrected chi connectivity index (χ0v) is 16.4. The molecule has 1 aliphatic rings. The van der Waals surface area contributed by atoms with Crippen LogP contribution in [-0.4, -0.2) is 42.2 Å². The van der Waals surface area contributed by atoms with Gasteiger partial charge in [-0.05, 0) is 50.8 Å². The molecule has 0 fully saturated rings. The number of hydrogen-bond donors (Lipinski definition) is 1. The monoisotopic (exact) mass is 370 g/mol. The van der Waals surface area contributed by atoms with E-state index in [1.807, 2.05) is 30.9 Å². The second kappa shape index (κ2) is 9.60. The van der Waals surface area contributed by atoms with E-state index < -0.39 is 0 Å². The molecule has 0 bridgehead atoms. The zero-order valence-electron chi connectivity index (χ0n) is 16.4. The van der Waals surface area contributed by atoms with E-state index in [1.54, 1.807) is 0 Å². The Bertz CT molecular complexity index is 794. The Morgan fingerprint density at radius 2 is 2.15 bits per heavy atom. The van der Waals surface area contributed by atoms with E-state index in [4.69, 9.17) is 9.47 Å². The van der Waals surface area contributed by atoms with Crippen molar-refractivity contribution in [2.24, 2.45) is 0 Å². The molecule has 1 aromatic carbocycles. The lowest BCUT2D eigenvalue weighted by Crippen LogP contribution is -2.35. The van der Waals surface area contributed by atoms with E-state index in [2.05, 4.69) is 23.2 Å². The van der Waals surface area contributed by atoms with E-state index in [0.29, 0.717) is 32.8 Å². The van der Waals surface area contributed by atoms with Crippen LogP contribution in [0.4, 0.5) is 0 Å². The predicted molar refractivity (Wildman–Crippen MR) is 107 cm³/mol. The van der Waals surface area contributed by atoms with Crippen LogP contribution in [0.1, 0.15) is 44.4 Å². The summed E-state index contributed by atoms with van der Waals surface area (Å²) in [5, 5.41) is 1.30. The number of nitrogens with one attached hydrogen (secondary N) is 1. The second-order valence-electron chi connectivity index (χ2n) is 6.89. The van der Waals surface area contributed by atoms with Crippen molar-refractivity contribution in [1.82, 2.24) is 9.88 Å². The SMILES string of the molecule is C/C=C(/COCCCCC(=O)N1CCc2c([nH]c3ccccc23)C1)OCC. The Kier molecular flexibility index (Phi) is 6.93. The average molecular weight is 370 g/mol. The van der Waals surface area contributed by atoms with Crippen molar-refractivity contribution in [2.45, 2.75) is 46.1 Å². The van der Waals surface area contributed by atoms with Gasteiger partial charge < -0.3 is 19.4 Å². The number of para-hydroxylation sites is 1. The third-order valence-electron chi connectivity index (χ3n) is 5.06. The summed E-state index contributed by atoms with van der Waals surface area (Å²) in [4.78, 5) is 18.0. The Morgan fingerprint density at radius 3 is 2.96 bits per heavy atom. The van der Waals surface area contributed by atoms with E-state index in [9.17, 15) is 4.79 Å². The topological polar surface area (TPSA) is 54.6 Å². The van der Waals surface area contributed by atoms with Gasteiger partial charge in [-0.2, -0.15) is 0 Å². The van der Waals surface area contributed by atoms with Crippen LogP contribution in [0, 0.1) is 0 Å². The molecule has 1 amide bonds. The highest BCUT2D eigenvalue weighted by atomic mass is 16.5. The van der Waals surface area contributed by atoms with E-state index >= 15 is 0 Å². The van der Waals surface area contributed by atoms with Crippen molar-refractivity contribution >= 4 is 16.8 Å². The van der Waals surface area contributed by atoms with Crippen molar-refractivity contribution in [3.05, 3.63) is 47.4 Å². The number of aromatic amines is 1. The van der Waals surface area contributed by atoms with E-state index in [0.717, 1.165) is 31.6 Å². The van der Waals surface area contributed by atoms with Crippen LogP contribution in [0.25, 0.3) is 10.9 Å². The molecule has 146 valence electrons. The largest absolute Gasteiger partial charge is 0.496 e. The van der Waals surface area contributed by atoms with Gasteiger partial charge in [0.2, 0.25) is 5.91 Å². The van der Waals surface area contributed by atoms with Crippen molar-refractivity contribution in [2.75, 3.05) is 26.4 Å². The molecule has 1 aromatic heterocycles. The van der Waals surface area contributed by atoms with E-state index in [1.165, 1.54) is 22.2 Å². The molecule has 2 heterocycles. The number of aromatic nitrogens is 1. The molecule has 0 saturated carbocycles. The predicted octanol–water partition coefficient (Wildman–Crippen LogP) is 4.18.